The second-order valence-corrected chi connectivity index (χ2v) is 7.64. The summed E-state index contributed by atoms with van der Waals surface area (Å²) in [6.45, 7) is 5.15. The van der Waals surface area contributed by atoms with Crippen LogP contribution in [0.5, 0.6) is 0 Å². The van der Waals surface area contributed by atoms with Crippen LogP contribution in [0, 0.1) is 0 Å². The number of nitrogens with one attached hydrogen (secondary N) is 1. The van der Waals surface area contributed by atoms with Gasteiger partial charge >= 0.3 is 0 Å². The summed E-state index contributed by atoms with van der Waals surface area (Å²) in [5.41, 5.74) is 4.31. The maximum absolute atomic E-state index is 5.43. The van der Waals surface area contributed by atoms with Gasteiger partial charge < -0.3 is 19.9 Å². The Hall–Kier alpha value is -2.38. The van der Waals surface area contributed by atoms with Crippen molar-refractivity contribution >= 4 is 50.4 Å². The summed E-state index contributed by atoms with van der Waals surface area (Å²) in [5, 5.41) is 3.46. The van der Waals surface area contributed by atoms with E-state index in [0.717, 1.165) is 72.6 Å². The molecule has 0 unspecified atom stereocenters. The first-order valence-electron chi connectivity index (χ1n) is 9.18. The van der Waals surface area contributed by atoms with Crippen LogP contribution in [0.15, 0.2) is 56.9 Å². The van der Waals surface area contributed by atoms with Gasteiger partial charge in [-0.15, -0.1) is 0 Å². The van der Waals surface area contributed by atoms with E-state index in [4.69, 9.17) is 9.73 Å². The second-order valence-electron chi connectivity index (χ2n) is 6.72. The zero-order chi connectivity index (χ0) is 18.2. The number of hydrogen-bond acceptors (Lipinski definition) is 6. The van der Waals surface area contributed by atoms with E-state index in [1.54, 1.807) is 0 Å². The van der Waals surface area contributed by atoms with Crippen molar-refractivity contribution in [3.8, 4) is 0 Å². The van der Waals surface area contributed by atoms with Crippen molar-refractivity contribution in [2.45, 2.75) is 0 Å². The Morgan fingerprint density at radius 1 is 1.00 bits per heavy atom. The van der Waals surface area contributed by atoms with Crippen LogP contribution in [0.4, 0.5) is 22.7 Å². The van der Waals surface area contributed by atoms with Crippen LogP contribution in [0.2, 0.25) is 0 Å². The van der Waals surface area contributed by atoms with Gasteiger partial charge in [0.25, 0.3) is 0 Å². The second kappa shape index (κ2) is 6.98. The molecule has 2 aromatic carbocycles. The van der Waals surface area contributed by atoms with E-state index in [2.05, 4.69) is 66.4 Å². The SMILES string of the molecule is Brc1ccc2c(c1)N1CCN=C1C(Nc1ccc(N3CCOCC3)cc1)=N2. The Kier molecular flexibility index (Phi) is 4.33. The molecule has 3 heterocycles. The number of morpholine rings is 1. The highest BCUT2D eigenvalue weighted by Gasteiger charge is 2.29. The van der Waals surface area contributed by atoms with Gasteiger partial charge in [-0.25, -0.2) is 4.99 Å². The van der Waals surface area contributed by atoms with Crippen LogP contribution >= 0.6 is 15.9 Å². The molecule has 7 heteroatoms. The van der Waals surface area contributed by atoms with E-state index in [1.165, 1.54) is 5.69 Å². The van der Waals surface area contributed by atoms with Crippen molar-refractivity contribution in [3.05, 3.63) is 46.9 Å². The zero-order valence-electron chi connectivity index (χ0n) is 14.9. The molecule has 0 saturated carbocycles. The largest absolute Gasteiger partial charge is 0.378 e. The van der Waals surface area contributed by atoms with E-state index < -0.39 is 0 Å². The normalized spacial score (nSPS) is 18.6. The predicted molar refractivity (Wildman–Crippen MR) is 114 cm³/mol. The molecule has 138 valence electrons. The third-order valence-corrected chi connectivity index (χ3v) is 5.51. The lowest BCUT2D eigenvalue weighted by atomic mass is 10.2. The molecule has 3 aliphatic rings. The summed E-state index contributed by atoms with van der Waals surface area (Å²) in [6.07, 6.45) is 0. The first kappa shape index (κ1) is 16.8. The fourth-order valence-corrected chi connectivity index (χ4v) is 4.01. The quantitative estimate of drug-likeness (QED) is 0.797. The number of amidine groups is 2. The van der Waals surface area contributed by atoms with E-state index in [9.17, 15) is 0 Å². The van der Waals surface area contributed by atoms with E-state index in [1.807, 2.05) is 12.1 Å². The number of ether oxygens (including phenoxy) is 1. The van der Waals surface area contributed by atoms with Gasteiger partial charge in [0.2, 0.25) is 0 Å². The Labute approximate surface area is 166 Å². The van der Waals surface area contributed by atoms with Gasteiger partial charge in [0, 0.05) is 35.5 Å². The molecule has 3 aliphatic heterocycles. The first-order chi connectivity index (χ1) is 13.3. The van der Waals surface area contributed by atoms with Crippen LogP contribution in [-0.4, -0.2) is 51.1 Å². The molecule has 2 aromatic rings. The number of anilines is 3. The van der Waals surface area contributed by atoms with Crippen molar-refractivity contribution in [2.24, 2.45) is 9.98 Å². The smallest absolute Gasteiger partial charge is 0.174 e. The lowest BCUT2D eigenvalue weighted by Crippen LogP contribution is -2.39. The lowest BCUT2D eigenvalue weighted by Gasteiger charge is -2.29. The van der Waals surface area contributed by atoms with Crippen molar-refractivity contribution < 1.29 is 4.74 Å². The Morgan fingerprint density at radius 3 is 2.63 bits per heavy atom. The number of halogens is 1. The fraction of sp³-hybridized carbons (Fsp3) is 0.300. The van der Waals surface area contributed by atoms with Gasteiger partial charge in [-0.2, -0.15) is 0 Å². The molecule has 0 aliphatic carbocycles. The van der Waals surface area contributed by atoms with Crippen molar-refractivity contribution in [3.63, 3.8) is 0 Å². The molecule has 0 aromatic heterocycles. The van der Waals surface area contributed by atoms with Gasteiger partial charge in [-0.05, 0) is 42.5 Å². The third kappa shape index (κ3) is 3.21. The van der Waals surface area contributed by atoms with Crippen LogP contribution in [0.3, 0.4) is 0 Å². The van der Waals surface area contributed by atoms with E-state index in [0.29, 0.717) is 0 Å². The predicted octanol–water partition coefficient (Wildman–Crippen LogP) is 3.66. The van der Waals surface area contributed by atoms with Crippen molar-refractivity contribution in [2.75, 3.05) is 54.5 Å². The molecule has 0 bridgehead atoms. The molecule has 0 amide bonds. The summed E-state index contributed by atoms with van der Waals surface area (Å²) in [6, 6.07) is 14.7. The maximum atomic E-state index is 5.43. The summed E-state index contributed by atoms with van der Waals surface area (Å²) in [4.78, 5) is 14.1. The van der Waals surface area contributed by atoms with Gasteiger partial charge in [0.15, 0.2) is 11.7 Å². The number of benzene rings is 2. The van der Waals surface area contributed by atoms with E-state index in [-0.39, 0.29) is 0 Å². The summed E-state index contributed by atoms with van der Waals surface area (Å²) >= 11 is 3.55. The first-order valence-corrected chi connectivity index (χ1v) is 9.98. The highest BCUT2D eigenvalue weighted by atomic mass is 79.9. The summed E-state index contributed by atoms with van der Waals surface area (Å²) in [7, 11) is 0. The fourth-order valence-electron chi connectivity index (χ4n) is 3.66. The average molecular weight is 426 g/mol. The highest BCUT2D eigenvalue weighted by molar-refractivity contribution is 9.10. The lowest BCUT2D eigenvalue weighted by molar-refractivity contribution is 0.122. The molecule has 1 saturated heterocycles. The molecule has 0 atom stereocenters. The van der Waals surface area contributed by atoms with Crippen LogP contribution < -0.4 is 15.1 Å². The minimum absolute atomic E-state index is 0.790. The van der Waals surface area contributed by atoms with Gasteiger partial charge in [0.05, 0.1) is 31.1 Å². The van der Waals surface area contributed by atoms with Crippen molar-refractivity contribution in [1.82, 2.24) is 0 Å². The standard InChI is InChI=1S/C20H20BrN5O/c21-14-1-6-17-18(13-14)26-8-7-22-20(26)19(24-17)23-15-2-4-16(5-3-15)25-9-11-27-12-10-25/h1-6,13H,7-12H2,(H,23,24). The van der Waals surface area contributed by atoms with Crippen LogP contribution in [0.25, 0.3) is 0 Å². The molecule has 0 spiro atoms. The van der Waals surface area contributed by atoms with Crippen LogP contribution in [0.1, 0.15) is 0 Å². The number of aliphatic imine (C=N–C) groups is 2. The number of hydrogen-bond donors (Lipinski definition) is 1. The van der Waals surface area contributed by atoms with Crippen LogP contribution in [-0.2, 0) is 4.74 Å². The third-order valence-electron chi connectivity index (χ3n) is 5.02. The molecular formula is C20H20BrN5O. The molecular weight excluding hydrogens is 406 g/mol. The Balaban J connectivity index is 1.40. The maximum Gasteiger partial charge on any atom is 0.174 e. The number of rotatable bonds is 2. The highest BCUT2D eigenvalue weighted by Crippen LogP contribution is 2.36. The number of nitrogens with zero attached hydrogens (tertiary/aromatic N) is 4. The molecule has 6 nitrogen and oxygen atoms in total. The number of fused-ring (bicyclic) bond motifs is 3. The Bertz CT molecular complexity index is 918. The summed E-state index contributed by atoms with van der Waals surface area (Å²) < 4.78 is 6.48. The molecule has 1 N–H and O–H groups in total. The van der Waals surface area contributed by atoms with Gasteiger partial charge in [-0.1, -0.05) is 15.9 Å². The molecule has 27 heavy (non-hydrogen) atoms. The monoisotopic (exact) mass is 425 g/mol. The summed E-state index contributed by atoms with van der Waals surface area (Å²) in [5.74, 6) is 1.72. The molecule has 0 radical (unpaired) electrons. The Morgan fingerprint density at radius 2 is 1.81 bits per heavy atom. The zero-order valence-corrected chi connectivity index (χ0v) is 16.4. The molecule has 5 rings (SSSR count). The van der Waals surface area contributed by atoms with E-state index >= 15 is 0 Å². The topological polar surface area (TPSA) is 52.5 Å². The minimum atomic E-state index is 0.790. The average Bonchev–Trinajstić information content (AvgIpc) is 3.20. The van der Waals surface area contributed by atoms with Crippen molar-refractivity contribution in [1.29, 1.82) is 0 Å². The minimum Gasteiger partial charge on any atom is -0.378 e. The molecule has 1 fully saturated rings. The van der Waals surface area contributed by atoms with Gasteiger partial charge in [0.1, 0.15) is 0 Å². The van der Waals surface area contributed by atoms with Gasteiger partial charge in [-0.3, -0.25) is 4.99 Å².